The van der Waals surface area contributed by atoms with Crippen LogP contribution >= 0.6 is 11.3 Å². The molecule has 4 nitrogen and oxygen atoms in total. The van der Waals surface area contributed by atoms with Gasteiger partial charge in [-0.2, -0.15) is 0 Å². The molecule has 20 heavy (non-hydrogen) atoms. The molecule has 2 aromatic rings. The molecule has 3 rings (SSSR count). The van der Waals surface area contributed by atoms with Crippen LogP contribution in [0.2, 0.25) is 0 Å². The number of nitrogens with two attached hydrogens (primary N) is 1. The maximum Gasteiger partial charge on any atom is 0.261 e. The molecule has 3 N–H and O–H groups in total. The van der Waals surface area contributed by atoms with Crippen molar-refractivity contribution in [1.82, 2.24) is 5.32 Å². The average molecular weight is 290 g/mol. The monoisotopic (exact) mass is 290 g/mol. The number of benzene rings is 1. The third-order valence-corrected chi connectivity index (χ3v) is 4.68. The van der Waals surface area contributed by atoms with Crippen LogP contribution < -0.4 is 11.1 Å². The molecule has 1 amide bonds. The highest BCUT2D eigenvalue weighted by atomic mass is 32.1. The van der Waals surface area contributed by atoms with Crippen LogP contribution in [-0.4, -0.2) is 25.7 Å². The summed E-state index contributed by atoms with van der Waals surface area (Å²) in [6, 6.07) is 7.63. The van der Waals surface area contributed by atoms with Crippen molar-refractivity contribution in [2.75, 3.05) is 25.5 Å². The lowest BCUT2D eigenvalue weighted by molar-refractivity contribution is 0.0536. The topological polar surface area (TPSA) is 64.4 Å². The molecule has 1 atom stereocenters. The van der Waals surface area contributed by atoms with E-state index < -0.39 is 0 Å². The quantitative estimate of drug-likeness (QED) is 0.854. The minimum absolute atomic E-state index is 0.00431. The molecule has 2 heterocycles. The number of amides is 1. The number of hydrogen-bond acceptors (Lipinski definition) is 4. The van der Waals surface area contributed by atoms with Crippen LogP contribution in [0.4, 0.5) is 5.69 Å². The summed E-state index contributed by atoms with van der Waals surface area (Å²) in [6.45, 7) is 2.29. The van der Waals surface area contributed by atoms with Crippen molar-refractivity contribution in [2.45, 2.75) is 12.8 Å². The highest BCUT2D eigenvalue weighted by Gasteiger charge is 2.16. The van der Waals surface area contributed by atoms with Gasteiger partial charge in [-0.3, -0.25) is 4.79 Å². The Morgan fingerprint density at radius 3 is 3.15 bits per heavy atom. The zero-order valence-electron chi connectivity index (χ0n) is 11.2. The lowest BCUT2D eigenvalue weighted by atomic mass is 10.0. The molecule has 5 heteroatoms. The molecule has 0 saturated carbocycles. The van der Waals surface area contributed by atoms with Gasteiger partial charge in [-0.15, -0.1) is 11.3 Å². The van der Waals surface area contributed by atoms with Gasteiger partial charge in [0.25, 0.3) is 5.91 Å². The summed E-state index contributed by atoms with van der Waals surface area (Å²) in [5, 5.41) is 4.03. The van der Waals surface area contributed by atoms with Crippen molar-refractivity contribution in [3.05, 3.63) is 29.1 Å². The molecular formula is C15H18N2O2S. The van der Waals surface area contributed by atoms with Gasteiger partial charge in [0.05, 0.1) is 11.5 Å². The fraction of sp³-hybridized carbons (Fsp3) is 0.400. The molecule has 1 aromatic heterocycles. The van der Waals surface area contributed by atoms with Crippen molar-refractivity contribution in [1.29, 1.82) is 0 Å². The summed E-state index contributed by atoms with van der Waals surface area (Å²) in [6.07, 6.45) is 2.21. The molecule has 1 fully saturated rings. The molecule has 0 spiro atoms. The maximum absolute atomic E-state index is 12.2. The minimum Gasteiger partial charge on any atom is -0.399 e. The average Bonchev–Trinajstić information content (AvgIpc) is 2.89. The normalized spacial score (nSPS) is 19.1. The van der Waals surface area contributed by atoms with E-state index in [1.807, 2.05) is 24.3 Å². The molecule has 1 aromatic carbocycles. The van der Waals surface area contributed by atoms with E-state index in [1.165, 1.54) is 11.3 Å². The van der Waals surface area contributed by atoms with Gasteiger partial charge >= 0.3 is 0 Å². The summed E-state index contributed by atoms with van der Waals surface area (Å²) >= 11 is 1.50. The molecule has 1 unspecified atom stereocenters. The second kappa shape index (κ2) is 5.81. The first-order valence-electron chi connectivity index (χ1n) is 6.87. The van der Waals surface area contributed by atoms with Gasteiger partial charge in [-0.1, -0.05) is 0 Å². The summed E-state index contributed by atoms with van der Waals surface area (Å²) in [5.74, 6) is 0.438. The van der Waals surface area contributed by atoms with Crippen LogP contribution in [0.3, 0.4) is 0 Å². The van der Waals surface area contributed by atoms with E-state index in [0.29, 0.717) is 12.5 Å². The van der Waals surface area contributed by atoms with Crippen LogP contribution in [0.1, 0.15) is 22.5 Å². The number of carbonyl (C=O) groups excluding carboxylic acids is 1. The fourth-order valence-corrected chi connectivity index (χ4v) is 3.43. The Morgan fingerprint density at radius 2 is 2.35 bits per heavy atom. The van der Waals surface area contributed by atoms with E-state index in [2.05, 4.69) is 5.32 Å². The van der Waals surface area contributed by atoms with E-state index in [0.717, 1.165) is 46.7 Å². The largest absolute Gasteiger partial charge is 0.399 e. The summed E-state index contributed by atoms with van der Waals surface area (Å²) in [4.78, 5) is 12.9. The zero-order valence-corrected chi connectivity index (χ0v) is 12.0. The van der Waals surface area contributed by atoms with Crippen LogP contribution in [0.25, 0.3) is 10.1 Å². The minimum atomic E-state index is -0.00431. The SMILES string of the molecule is Nc1ccc2sc(C(=O)NCC3CCCOC3)cc2c1. The number of rotatable bonds is 3. The Bertz CT molecular complexity index is 617. The number of nitrogens with one attached hydrogen (secondary N) is 1. The van der Waals surface area contributed by atoms with E-state index in [1.54, 1.807) is 0 Å². The predicted molar refractivity (Wildman–Crippen MR) is 82.1 cm³/mol. The second-order valence-electron chi connectivity index (χ2n) is 5.20. The van der Waals surface area contributed by atoms with Crippen LogP contribution in [0.5, 0.6) is 0 Å². The van der Waals surface area contributed by atoms with Gasteiger partial charge < -0.3 is 15.8 Å². The standard InChI is InChI=1S/C15H18N2O2S/c16-12-3-4-13-11(6-12)7-14(20-13)15(18)17-8-10-2-1-5-19-9-10/h3-4,6-7,10H,1-2,5,8-9,16H2,(H,17,18). The fourth-order valence-electron chi connectivity index (χ4n) is 2.47. The molecule has 0 aliphatic carbocycles. The van der Waals surface area contributed by atoms with Gasteiger partial charge in [0.1, 0.15) is 0 Å². The molecular weight excluding hydrogens is 272 g/mol. The molecule has 0 radical (unpaired) electrons. The number of thiophene rings is 1. The Labute approximate surface area is 121 Å². The molecule has 1 saturated heterocycles. The summed E-state index contributed by atoms with van der Waals surface area (Å²) in [5.41, 5.74) is 6.48. The number of fused-ring (bicyclic) bond motifs is 1. The first kappa shape index (κ1) is 13.4. The first-order valence-corrected chi connectivity index (χ1v) is 7.69. The number of carbonyl (C=O) groups is 1. The van der Waals surface area contributed by atoms with E-state index in [9.17, 15) is 4.79 Å². The predicted octanol–water partition coefficient (Wildman–Crippen LogP) is 2.64. The van der Waals surface area contributed by atoms with E-state index in [-0.39, 0.29) is 5.91 Å². The molecule has 1 aliphatic rings. The molecule has 106 valence electrons. The third-order valence-electron chi connectivity index (χ3n) is 3.57. The smallest absolute Gasteiger partial charge is 0.261 e. The van der Waals surface area contributed by atoms with E-state index in [4.69, 9.17) is 10.5 Å². The van der Waals surface area contributed by atoms with Crippen LogP contribution in [-0.2, 0) is 4.74 Å². The van der Waals surface area contributed by atoms with Gasteiger partial charge in [0, 0.05) is 23.5 Å². The Balaban J connectivity index is 1.65. The third kappa shape index (κ3) is 2.94. The first-order chi connectivity index (χ1) is 9.72. The van der Waals surface area contributed by atoms with Gasteiger partial charge in [-0.25, -0.2) is 0 Å². The van der Waals surface area contributed by atoms with Gasteiger partial charge in [0.2, 0.25) is 0 Å². The molecule has 1 aliphatic heterocycles. The molecule has 0 bridgehead atoms. The van der Waals surface area contributed by atoms with Crippen LogP contribution in [0.15, 0.2) is 24.3 Å². The maximum atomic E-state index is 12.2. The summed E-state index contributed by atoms with van der Waals surface area (Å²) < 4.78 is 6.51. The number of nitrogen functional groups attached to an aromatic ring is 1. The highest BCUT2D eigenvalue weighted by Crippen LogP contribution is 2.27. The van der Waals surface area contributed by atoms with Gasteiger partial charge in [0.15, 0.2) is 0 Å². The van der Waals surface area contributed by atoms with Crippen LogP contribution in [0, 0.1) is 5.92 Å². The lowest BCUT2D eigenvalue weighted by Gasteiger charge is -2.21. The van der Waals surface area contributed by atoms with Crippen molar-refractivity contribution in [3.8, 4) is 0 Å². The van der Waals surface area contributed by atoms with Gasteiger partial charge in [-0.05, 0) is 48.4 Å². The van der Waals surface area contributed by atoms with Crippen molar-refractivity contribution < 1.29 is 9.53 Å². The Hall–Kier alpha value is -1.59. The van der Waals surface area contributed by atoms with Crippen molar-refractivity contribution in [3.63, 3.8) is 0 Å². The number of anilines is 1. The lowest BCUT2D eigenvalue weighted by Crippen LogP contribution is -2.32. The zero-order chi connectivity index (χ0) is 13.9. The Kier molecular flexibility index (Phi) is 3.89. The number of ether oxygens (including phenoxy) is 1. The van der Waals surface area contributed by atoms with Crippen molar-refractivity contribution >= 4 is 33.0 Å². The Morgan fingerprint density at radius 1 is 1.45 bits per heavy atom. The van der Waals surface area contributed by atoms with E-state index >= 15 is 0 Å². The van der Waals surface area contributed by atoms with Crippen molar-refractivity contribution in [2.24, 2.45) is 5.92 Å². The highest BCUT2D eigenvalue weighted by molar-refractivity contribution is 7.20. The number of hydrogen-bond donors (Lipinski definition) is 2. The second-order valence-corrected chi connectivity index (χ2v) is 6.28. The summed E-state index contributed by atoms with van der Waals surface area (Å²) in [7, 11) is 0.